The minimum atomic E-state index is -0.164. The van der Waals surface area contributed by atoms with Crippen molar-refractivity contribution in [3.63, 3.8) is 0 Å². The molecule has 2 rings (SSSR count). The minimum Gasteiger partial charge on any atom is -0.345 e. The lowest BCUT2D eigenvalue weighted by molar-refractivity contribution is -0.126. The maximum atomic E-state index is 12.1. The third kappa shape index (κ3) is 3.84. The number of hydrogen-bond acceptors (Lipinski definition) is 2. The molecule has 1 aromatic rings. The first kappa shape index (κ1) is 15.1. The van der Waals surface area contributed by atoms with E-state index in [1.54, 1.807) is 30.0 Å². The molecule has 1 heterocycles. The van der Waals surface area contributed by atoms with E-state index in [1.807, 2.05) is 24.3 Å². The molecule has 5 nitrogen and oxygen atoms in total. The van der Waals surface area contributed by atoms with E-state index in [4.69, 9.17) is 0 Å². The van der Waals surface area contributed by atoms with Gasteiger partial charge in [0.15, 0.2) is 0 Å². The van der Waals surface area contributed by atoms with Gasteiger partial charge in [-0.05, 0) is 17.7 Å². The lowest BCUT2D eigenvalue weighted by atomic mass is 10.1. The lowest BCUT2D eigenvalue weighted by Crippen LogP contribution is -2.35. The molecule has 1 atom stereocenters. The fourth-order valence-corrected chi connectivity index (χ4v) is 2.47. The molecule has 3 amide bonds. The van der Waals surface area contributed by atoms with Gasteiger partial charge in [-0.25, -0.2) is 4.79 Å². The van der Waals surface area contributed by atoms with Gasteiger partial charge < -0.3 is 15.1 Å². The Morgan fingerprint density at radius 3 is 2.67 bits per heavy atom. The molecule has 21 heavy (non-hydrogen) atoms. The molecule has 0 saturated carbocycles. The van der Waals surface area contributed by atoms with Crippen molar-refractivity contribution in [2.75, 3.05) is 32.5 Å². The zero-order valence-corrected chi connectivity index (χ0v) is 12.5. The summed E-state index contributed by atoms with van der Waals surface area (Å²) in [5.41, 5.74) is 1.76. The number of carbonyl (C=O) groups excluding carboxylic acids is 2. The number of anilines is 1. The van der Waals surface area contributed by atoms with Crippen LogP contribution in [0.4, 0.5) is 10.5 Å². The van der Waals surface area contributed by atoms with Gasteiger partial charge >= 0.3 is 6.03 Å². The van der Waals surface area contributed by atoms with E-state index in [9.17, 15) is 9.59 Å². The number of likely N-dealkylation sites (tertiary alicyclic amines) is 1. The van der Waals surface area contributed by atoms with Crippen LogP contribution in [0, 0.1) is 5.92 Å². The molecular weight excluding hydrogens is 266 g/mol. The van der Waals surface area contributed by atoms with E-state index in [0.717, 1.165) is 11.3 Å². The predicted molar refractivity (Wildman–Crippen MR) is 83.9 cm³/mol. The molecule has 1 saturated heterocycles. The highest BCUT2D eigenvalue weighted by Gasteiger charge is 2.28. The Kier molecular flexibility index (Phi) is 4.62. The summed E-state index contributed by atoms with van der Waals surface area (Å²) in [5.74, 6) is 0.357. The molecule has 112 valence electrons. The van der Waals surface area contributed by atoms with Gasteiger partial charge in [-0.15, -0.1) is 0 Å². The predicted octanol–water partition coefficient (Wildman–Crippen LogP) is 2.27. The monoisotopic (exact) mass is 287 g/mol. The van der Waals surface area contributed by atoms with Gasteiger partial charge in [0.05, 0.1) is 0 Å². The maximum Gasteiger partial charge on any atom is 0.321 e. The van der Waals surface area contributed by atoms with Crippen LogP contribution in [0.15, 0.2) is 30.8 Å². The molecule has 1 fully saturated rings. The Morgan fingerprint density at radius 1 is 1.48 bits per heavy atom. The van der Waals surface area contributed by atoms with Crippen molar-refractivity contribution < 1.29 is 9.59 Å². The van der Waals surface area contributed by atoms with Crippen molar-refractivity contribution in [1.82, 2.24) is 9.80 Å². The zero-order chi connectivity index (χ0) is 15.4. The van der Waals surface area contributed by atoms with E-state index < -0.39 is 0 Å². The summed E-state index contributed by atoms with van der Waals surface area (Å²) in [6.45, 7) is 4.98. The first-order valence-corrected chi connectivity index (χ1v) is 6.98. The second kappa shape index (κ2) is 6.43. The molecule has 1 aliphatic heterocycles. The Hall–Kier alpha value is -2.30. The first-order chi connectivity index (χ1) is 9.99. The van der Waals surface area contributed by atoms with Crippen LogP contribution in [0.3, 0.4) is 0 Å². The number of benzene rings is 1. The summed E-state index contributed by atoms with van der Waals surface area (Å²) in [5, 5.41) is 2.84. The molecule has 5 heteroatoms. The van der Waals surface area contributed by atoms with Crippen LogP contribution in [0.25, 0.3) is 6.08 Å². The van der Waals surface area contributed by atoms with E-state index in [0.29, 0.717) is 19.5 Å². The van der Waals surface area contributed by atoms with Gasteiger partial charge in [0.1, 0.15) is 0 Å². The zero-order valence-electron chi connectivity index (χ0n) is 12.5. The molecule has 0 aromatic heterocycles. The number of rotatable bonds is 4. The van der Waals surface area contributed by atoms with Gasteiger partial charge in [0, 0.05) is 45.2 Å². The van der Waals surface area contributed by atoms with Gasteiger partial charge in [0.2, 0.25) is 5.91 Å². The fourth-order valence-electron chi connectivity index (χ4n) is 2.47. The Labute approximate surface area is 125 Å². The second-order valence-electron chi connectivity index (χ2n) is 5.48. The second-order valence-corrected chi connectivity index (χ2v) is 5.48. The van der Waals surface area contributed by atoms with Crippen LogP contribution in [0.1, 0.15) is 12.0 Å². The quantitative estimate of drug-likeness (QED) is 0.923. The third-order valence-corrected chi connectivity index (χ3v) is 3.70. The van der Waals surface area contributed by atoms with Crippen molar-refractivity contribution in [2.24, 2.45) is 5.92 Å². The van der Waals surface area contributed by atoms with Gasteiger partial charge in [-0.1, -0.05) is 24.8 Å². The molecule has 0 bridgehead atoms. The van der Waals surface area contributed by atoms with E-state index in [2.05, 4.69) is 11.9 Å². The van der Waals surface area contributed by atoms with Crippen LogP contribution < -0.4 is 5.32 Å². The van der Waals surface area contributed by atoms with E-state index in [1.165, 1.54) is 0 Å². The Balaban J connectivity index is 1.87. The highest BCUT2D eigenvalue weighted by atomic mass is 16.2. The first-order valence-electron chi connectivity index (χ1n) is 6.98. The molecule has 1 aromatic carbocycles. The Morgan fingerprint density at radius 2 is 2.14 bits per heavy atom. The molecule has 0 spiro atoms. The fraction of sp³-hybridized carbons (Fsp3) is 0.375. The summed E-state index contributed by atoms with van der Waals surface area (Å²) >= 11 is 0. The standard InChI is InChI=1S/C16H21N3O2/c1-4-12-5-7-14(8-6-12)17-16(21)19(3)11-13-9-15(20)18(2)10-13/h4-8,13H,1,9-11H2,2-3H3,(H,17,21)/t13-/m1/s1. The van der Waals surface area contributed by atoms with Gasteiger partial charge in [0.25, 0.3) is 0 Å². The largest absolute Gasteiger partial charge is 0.345 e. The SMILES string of the molecule is C=Cc1ccc(NC(=O)N(C)C[C@@H]2CC(=O)N(C)C2)cc1. The highest BCUT2D eigenvalue weighted by molar-refractivity contribution is 5.89. The normalized spacial score (nSPS) is 17.7. The van der Waals surface area contributed by atoms with Crippen molar-refractivity contribution in [3.05, 3.63) is 36.4 Å². The smallest absolute Gasteiger partial charge is 0.321 e. The molecule has 0 aliphatic carbocycles. The molecule has 0 unspecified atom stereocenters. The van der Waals surface area contributed by atoms with Crippen LogP contribution in [0.5, 0.6) is 0 Å². The summed E-state index contributed by atoms with van der Waals surface area (Å²) in [6, 6.07) is 7.31. The van der Waals surface area contributed by atoms with Crippen molar-refractivity contribution in [3.8, 4) is 0 Å². The van der Waals surface area contributed by atoms with Gasteiger partial charge in [-0.3, -0.25) is 4.79 Å². The number of nitrogens with one attached hydrogen (secondary N) is 1. The summed E-state index contributed by atoms with van der Waals surface area (Å²) in [4.78, 5) is 26.9. The number of nitrogens with zero attached hydrogens (tertiary/aromatic N) is 2. The number of carbonyl (C=O) groups is 2. The topological polar surface area (TPSA) is 52.7 Å². The van der Waals surface area contributed by atoms with Crippen LogP contribution in [0.2, 0.25) is 0 Å². The molecule has 1 aliphatic rings. The number of hydrogen-bond donors (Lipinski definition) is 1. The minimum absolute atomic E-state index is 0.147. The van der Waals surface area contributed by atoms with Gasteiger partial charge in [-0.2, -0.15) is 0 Å². The molecule has 0 radical (unpaired) electrons. The van der Waals surface area contributed by atoms with Crippen molar-refractivity contribution >= 4 is 23.7 Å². The molecular formula is C16H21N3O2. The number of amides is 3. The van der Waals surface area contributed by atoms with Crippen molar-refractivity contribution in [1.29, 1.82) is 0 Å². The maximum absolute atomic E-state index is 12.1. The van der Waals surface area contributed by atoms with Crippen molar-refractivity contribution in [2.45, 2.75) is 6.42 Å². The lowest BCUT2D eigenvalue weighted by Gasteiger charge is -2.21. The average Bonchev–Trinajstić information content (AvgIpc) is 2.78. The van der Waals surface area contributed by atoms with E-state index >= 15 is 0 Å². The number of urea groups is 1. The third-order valence-electron chi connectivity index (χ3n) is 3.70. The van der Waals surface area contributed by atoms with Crippen LogP contribution in [-0.2, 0) is 4.79 Å². The summed E-state index contributed by atoms with van der Waals surface area (Å²) in [7, 11) is 3.54. The Bertz CT molecular complexity index is 539. The van der Waals surface area contributed by atoms with Crippen LogP contribution in [-0.4, -0.2) is 48.9 Å². The molecule has 1 N–H and O–H groups in total. The average molecular weight is 287 g/mol. The summed E-state index contributed by atoms with van der Waals surface area (Å²) in [6.07, 6.45) is 2.27. The van der Waals surface area contributed by atoms with E-state index in [-0.39, 0.29) is 17.9 Å². The highest BCUT2D eigenvalue weighted by Crippen LogP contribution is 2.17. The summed E-state index contributed by atoms with van der Waals surface area (Å²) < 4.78 is 0. The van der Waals surface area contributed by atoms with Crippen LogP contribution >= 0.6 is 0 Å².